The first-order valence-electron chi connectivity index (χ1n) is 24.7. The summed E-state index contributed by atoms with van der Waals surface area (Å²) in [5, 5.41) is 16.9. The van der Waals surface area contributed by atoms with Crippen LogP contribution in [0.1, 0.15) is 85.8 Å². The molecule has 4 N–H and O–H groups in total. The number of nitro benzene ring substituents is 1. The van der Waals surface area contributed by atoms with Crippen molar-refractivity contribution in [3.05, 3.63) is 93.7 Å². The molecule has 71 heavy (non-hydrogen) atoms. The normalized spacial score (nSPS) is 24.9. The summed E-state index contributed by atoms with van der Waals surface area (Å²) in [6, 6.07) is 17.5. The Labute approximate surface area is 409 Å². The molecule has 0 unspecified atom stereocenters. The summed E-state index contributed by atoms with van der Waals surface area (Å²) in [7, 11) is -4.82. The zero-order valence-electron chi connectivity index (χ0n) is 39.6. The second-order valence-corrected chi connectivity index (χ2v) is 22.9. The molecule has 1 spiro atoms. The van der Waals surface area contributed by atoms with Crippen LogP contribution in [0.5, 0.6) is 11.6 Å². The van der Waals surface area contributed by atoms with Crippen molar-refractivity contribution >= 4 is 55.2 Å². The first kappa shape index (κ1) is 46.0. The van der Waals surface area contributed by atoms with E-state index in [1.807, 2.05) is 21.9 Å². The average Bonchev–Trinajstić information content (AvgIpc) is 4.11. The van der Waals surface area contributed by atoms with Gasteiger partial charge in [0.15, 0.2) is 11.4 Å². The topological polar surface area (TPSA) is 202 Å². The molecule has 1 saturated carbocycles. The zero-order chi connectivity index (χ0) is 49.1. The van der Waals surface area contributed by atoms with Gasteiger partial charge in [-0.2, -0.15) is 4.98 Å². The summed E-state index contributed by atoms with van der Waals surface area (Å²) in [5.74, 6) is -3.06. The van der Waals surface area contributed by atoms with E-state index >= 15 is 8.42 Å². The summed E-state index contributed by atoms with van der Waals surface area (Å²) in [4.78, 5) is 41.7. The van der Waals surface area contributed by atoms with Gasteiger partial charge in [-0.1, -0.05) is 38.1 Å². The number of nitrogens with one attached hydrogen (secondary N) is 2. The number of rotatable bonds is 11. The lowest BCUT2D eigenvalue weighted by molar-refractivity contribution is -0.384. The van der Waals surface area contributed by atoms with E-state index in [1.54, 1.807) is 23.2 Å². The lowest BCUT2D eigenvalue weighted by Gasteiger charge is -2.62. The van der Waals surface area contributed by atoms with Gasteiger partial charge in [-0.05, 0) is 73.5 Å². The third kappa shape index (κ3) is 7.83. The Balaban J connectivity index is 0.936. The van der Waals surface area contributed by atoms with Crippen LogP contribution in [-0.4, -0.2) is 128 Å². The van der Waals surface area contributed by atoms with Crippen LogP contribution in [0.15, 0.2) is 76.7 Å². The number of primary amides is 1. The molecular weight excluding hydrogens is 937 g/mol. The lowest BCUT2D eigenvalue weighted by atomic mass is 9.60. The standard InChI is InChI=1S/C51H57F2N9O8S/c1-29(2)34-6-3-4-7-35(34)37-8-5-15-60(37)32-21-50(22-32)27-59(28-50)38-10-9-36(47(54)63)45(61-40-18-30-11-14-55-48(30)57-49(40)70-43-26-68-25-41(43)61)46(38)71(66,67)33-19-39(62(64)65)44-42(20-33)69-24-31(56-44)23-58-16-12-51(52,53)13-17-58/h3-4,6-7,9-11,14,18-20,29,31-32,37,41,43,56H,5,8,12-13,15-17,21-28H2,1-2H3,(H2,54,63)(H,55,57)/t31-,37+,41-,43-/m1/s1. The minimum Gasteiger partial charge on any atom is -0.489 e. The number of aromatic nitrogens is 2. The largest absolute Gasteiger partial charge is 0.489 e. The predicted octanol–water partition coefficient (Wildman–Crippen LogP) is 7.53. The number of benzene rings is 3. The van der Waals surface area contributed by atoms with E-state index < -0.39 is 55.4 Å². The zero-order valence-corrected chi connectivity index (χ0v) is 40.4. The predicted molar refractivity (Wildman–Crippen MR) is 261 cm³/mol. The van der Waals surface area contributed by atoms with Gasteiger partial charge in [0.05, 0.1) is 52.1 Å². The van der Waals surface area contributed by atoms with Crippen LogP contribution in [0.4, 0.5) is 37.2 Å². The molecule has 0 bridgehead atoms. The quantitative estimate of drug-likeness (QED) is 0.0866. The Morgan fingerprint density at radius 1 is 1.01 bits per heavy atom. The smallest absolute Gasteiger partial charge is 0.297 e. The number of nitrogens with zero attached hydrogens (tertiary/aromatic N) is 6. The van der Waals surface area contributed by atoms with Gasteiger partial charge in [-0.25, -0.2) is 17.2 Å². The summed E-state index contributed by atoms with van der Waals surface area (Å²) in [6.07, 6.45) is 4.66. The van der Waals surface area contributed by atoms with Gasteiger partial charge in [0.25, 0.3) is 17.5 Å². The first-order valence-corrected chi connectivity index (χ1v) is 26.2. The molecule has 2 aromatic heterocycles. The Morgan fingerprint density at radius 3 is 2.56 bits per heavy atom. The molecule has 374 valence electrons. The Kier molecular flexibility index (Phi) is 11.0. The minimum atomic E-state index is -4.82. The number of carbonyl (C=O) groups excluding carboxylic acids is 1. The second kappa shape index (κ2) is 17.0. The van der Waals surface area contributed by atoms with Crippen LogP contribution < -0.4 is 30.3 Å². The number of carbonyl (C=O) groups is 1. The van der Waals surface area contributed by atoms with Crippen molar-refractivity contribution < 1.29 is 41.1 Å². The Bertz CT molecular complexity index is 3070. The van der Waals surface area contributed by atoms with Gasteiger partial charge in [0.2, 0.25) is 15.7 Å². The molecule has 20 heteroatoms. The number of hydrogen-bond acceptors (Lipinski definition) is 14. The van der Waals surface area contributed by atoms with Crippen molar-refractivity contribution in [3.63, 3.8) is 0 Å². The molecule has 1 aliphatic carbocycles. The molecule has 1 amide bonds. The second-order valence-electron chi connectivity index (χ2n) is 21.0. The lowest BCUT2D eigenvalue weighted by Crippen LogP contribution is -2.66. The number of sulfone groups is 1. The fourth-order valence-electron chi connectivity index (χ4n) is 12.6. The monoisotopic (exact) mass is 993 g/mol. The van der Waals surface area contributed by atoms with Gasteiger partial charge in [0, 0.05) is 86.8 Å². The van der Waals surface area contributed by atoms with Crippen molar-refractivity contribution in [3.8, 4) is 11.6 Å². The number of fused-ring (bicyclic) bond motifs is 4. The van der Waals surface area contributed by atoms with E-state index in [0.717, 1.165) is 38.3 Å². The Morgan fingerprint density at radius 2 is 1.80 bits per heavy atom. The van der Waals surface area contributed by atoms with Crippen molar-refractivity contribution in [2.45, 2.75) is 104 Å². The van der Waals surface area contributed by atoms with Crippen LogP contribution in [-0.2, 0) is 14.6 Å². The number of amides is 1. The summed E-state index contributed by atoms with van der Waals surface area (Å²) < 4.78 is 78.5. The average molecular weight is 994 g/mol. The van der Waals surface area contributed by atoms with E-state index in [2.05, 4.69) is 53.3 Å². The first-order chi connectivity index (χ1) is 34.1. The molecule has 3 aromatic carbocycles. The maximum Gasteiger partial charge on any atom is 0.297 e. The number of pyridine rings is 1. The highest BCUT2D eigenvalue weighted by Crippen LogP contribution is 2.57. The van der Waals surface area contributed by atoms with Crippen molar-refractivity contribution in [1.82, 2.24) is 19.8 Å². The SMILES string of the molecule is CC(C)c1ccccc1[C@@H]1CCCN1C1CC2(C1)CN(c1ccc(C(N)=O)c(N3c4cc5cc[nH]c5nc4O[C@@H]4COC[C@H]43)c1S(=O)(=O)c1cc3c(c([N+](=O)[O-])c1)N[C@H](CN1CCC(F)(F)CC1)CO3)C2. The van der Waals surface area contributed by atoms with Crippen LogP contribution in [0.25, 0.3) is 11.0 Å². The number of alkyl halides is 2. The number of likely N-dealkylation sites (tertiary alicyclic amines) is 2. The molecule has 17 nitrogen and oxygen atoms in total. The number of halogens is 2. The van der Waals surface area contributed by atoms with Gasteiger partial charge < -0.3 is 44.9 Å². The summed E-state index contributed by atoms with van der Waals surface area (Å²) >= 11 is 0. The van der Waals surface area contributed by atoms with E-state index in [1.165, 1.54) is 17.2 Å². The maximum atomic E-state index is 16.0. The van der Waals surface area contributed by atoms with E-state index in [9.17, 15) is 23.7 Å². The highest BCUT2D eigenvalue weighted by atomic mass is 32.2. The molecular formula is C51H57F2N9O8S. The molecule has 6 aliphatic heterocycles. The van der Waals surface area contributed by atoms with Gasteiger partial charge in [-0.15, -0.1) is 0 Å². The van der Waals surface area contributed by atoms with Crippen molar-refractivity contribution in [1.29, 1.82) is 0 Å². The summed E-state index contributed by atoms with van der Waals surface area (Å²) in [6.45, 7) is 7.50. The van der Waals surface area contributed by atoms with Crippen LogP contribution in [0, 0.1) is 15.5 Å². The highest BCUT2D eigenvalue weighted by molar-refractivity contribution is 7.91. The molecule has 7 aliphatic rings. The fourth-order valence-corrected chi connectivity index (χ4v) is 14.3. The van der Waals surface area contributed by atoms with Crippen molar-refractivity contribution in [2.24, 2.45) is 11.1 Å². The number of H-pyrrole nitrogens is 1. The number of hydrogen-bond donors (Lipinski definition) is 3. The molecule has 0 radical (unpaired) electrons. The fraction of sp³-hybridized carbons (Fsp3) is 0.490. The number of piperidine rings is 1. The van der Waals surface area contributed by atoms with Crippen LogP contribution >= 0.6 is 0 Å². The van der Waals surface area contributed by atoms with Crippen LogP contribution in [0.2, 0.25) is 0 Å². The maximum absolute atomic E-state index is 16.0. The number of aromatic amines is 1. The molecule has 4 atom stereocenters. The number of nitro groups is 1. The highest BCUT2D eigenvalue weighted by Gasteiger charge is 2.56. The minimum absolute atomic E-state index is 0.000474. The van der Waals surface area contributed by atoms with Crippen molar-refractivity contribution in [2.75, 3.05) is 74.2 Å². The molecule has 5 aromatic rings. The van der Waals surface area contributed by atoms with Gasteiger partial charge in [0.1, 0.15) is 28.9 Å². The van der Waals surface area contributed by atoms with E-state index in [4.69, 9.17) is 24.9 Å². The number of ether oxygens (including phenoxy) is 3. The van der Waals surface area contributed by atoms with Gasteiger partial charge in [-0.3, -0.25) is 19.8 Å². The molecule has 4 saturated heterocycles. The van der Waals surface area contributed by atoms with E-state index in [0.29, 0.717) is 60.0 Å². The third-order valence-electron chi connectivity index (χ3n) is 16.1. The van der Waals surface area contributed by atoms with E-state index in [-0.39, 0.29) is 84.6 Å². The summed E-state index contributed by atoms with van der Waals surface area (Å²) in [5.41, 5.74) is 9.58. The Hall–Kier alpha value is -6.09. The van der Waals surface area contributed by atoms with Crippen LogP contribution in [0.3, 0.4) is 0 Å². The number of nitrogens with two attached hydrogens (primary N) is 1. The molecule has 12 rings (SSSR count). The van der Waals surface area contributed by atoms with Gasteiger partial charge >= 0.3 is 0 Å². The third-order valence-corrected chi connectivity index (χ3v) is 17.9. The number of anilines is 4. The molecule has 5 fully saturated rings. The molecule has 8 heterocycles.